The Bertz CT molecular complexity index is 1620. The summed E-state index contributed by atoms with van der Waals surface area (Å²) in [4.78, 5) is 19.4. The lowest BCUT2D eigenvalue weighted by atomic mass is 9.59. The Morgan fingerprint density at radius 1 is 1.18 bits per heavy atom. The van der Waals surface area contributed by atoms with E-state index in [2.05, 4.69) is 20.5 Å². The van der Waals surface area contributed by atoms with Gasteiger partial charge < -0.3 is 14.6 Å². The van der Waals surface area contributed by atoms with Crippen molar-refractivity contribution < 1.29 is 27.1 Å². The minimum Gasteiger partial charge on any atom is -0.383 e. The Kier molecular flexibility index (Phi) is 6.34. The smallest absolute Gasteiger partial charge is 0.264 e. The van der Waals surface area contributed by atoms with Gasteiger partial charge in [0.2, 0.25) is 5.92 Å². The number of nitrogens with zero attached hydrogens (tertiary/aromatic N) is 5. The molecule has 40 heavy (non-hydrogen) atoms. The Morgan fingerprint density at radius 3 is 2.67 bits per heavy atom. The third kappa shape index (κ3) is 4.13. The summed E-state index contributed by atoms with van der Waals surface area (Å²) in [6, 6.07) is 9.11. The summed E-state index contributed by atoms with van der Waals surface area (Å²) in [6.45, 7) is 1.47. The highest BCUT2D eigenvalue weighted by Crippen LogP contribution is 2.60. The van der Waals surface area contributed by atoms with Crippen molar-refractivity contribution in [3.63, 3.8) is 0 Å². The molecule has 1 aliphatic carbocycles. The summed E-state index contributed by atoms with van der Waals surface area (Å²) in [5.74, 6) is -3.90. The lowest BCUT2D eigenvalue weighted by Crippen LogP contribution is -2.52. The molecule has 1 atom stereocenters. The molecule has 8 nitrogen and oxygen atoms in total. The van der Waals surface area contributed by atoms with Gasteiger partial charge in [0.25, 0.3) is 5.91 Å². The monoisotopic (exact) mass is 554 g/mol. The van der Waals surface area contributed by atoms with Gasteiger partial charge in [-0.05, 0) is 47.5 Å². The van der Waals surface area contributed by atoms with Gasteiger partial charge in [-0.3, -0.25) is 9.69 Å². The van der Waals surface area contributed by atoms with Crippen molar-refractivity contribution in [3.05, 3.63) is 77.3 Å². The average molecular weight is 555 g/mol. The zero-order valence-electron chi connectivity index (χ0n) is 21.8. The molecule has 1 aliphatic heterocycles. The predicted octanol–water partition coefficient (Wildman–Crippen LogP) is 4.91. The minimum absolute atomic E-state index is 0.0644. The lowest BCUT2D eigenvalue weighted by molar-refractivity contribution is -0.151. The number of methoxy groups -OCH3 is 1. The number of rotatable bonds is 9. The van der Waals surface area contributed by atoms with E-state index < -0.39 is 42.1 Å². The molecule has 0 bridgehead atoms. The Morgan fingerprint density at radius 2 is 1.98 bits per heavy atom. The van der Waals surface area contributed by atoms with Crippen molar-refractivity contribution in [1.82, 2.24) is 25.1 Å². The van der Waals surface area contributed by atoms with Gasteiger partial charge in [-0.2, -0.15) is 0 Å². The van der Waals surface area contributed by atoms with Crippen molar-refractivity contribution >= 4 is 28.2 Å². The van der Waals surface area contributed by atoms with Crippen molar-refractivity contribution in [2.75, 3.05) is 25.2 Å². The molecule has 4 aromatic rings. The molecule has 12 heteroatoms. The van der Waals surface area contributed by atoms with Crippen LogP contribution in [0.4, 0.5) is 29.1 Å². The minimum atomic E-state index is -3.05. The van der Waals surface area contributed by atoms with Gasteiger partial charge in [0.15, 0.2) is 12.0 Å². The van der Waals surface area contributed by atoms with Gasteiger partial charge in [-0.15, -0.1) is 10.2 Å². The van der Waals surface area contributed by atoms with Crippen LogP contribution in [0.2, 0.25) is 0 Å². The number of halogens is 4. The van der Waals surface area contributed by atoms with Crippen molar-refractivity contribution in [2.24, 2.45) is 7.05 Å². The van der Waals surface area contributed by atoms with E-state index in [-0.39, 0.29) is 22.6 Å². The third-order valence-corrected chi connectivity index (χ3v) is 7.74. The number of carbonyl (C=O) groups excluding carboxylic acids is 1. The molecule has 6 rings (SSSR count). The first kappa shape index (κ1) is 26.3. The standard InChI is InChI=1S/C28H26F4N6O2/c1-37-15-35-36-25(37)24(30)27(13-28(31,32)14-27)17-5-6-34-22(11-17)38-21-4-3-20(29)18-9-16(12-33-7-8-40-2)10-19(23(18)21)26(38)39/h3-6,9-11,15,24,33H,7-8,12-14H2,1-2H3. The maximum atomic E-state index is 16.0. The summed E-state index contributed by atoms with van der Waals surface area (Å²) in [7, 11) is 3.14. The van der Waals surface area contributed by atoms with E-state index in [1.165, 1.54) is 46.3 Å². The van der Waals surface area contributed by atoms with Crippen LogP contribution in [0.3, 0.4) is 0 Å². The number of hydrogen-bond donors (Lipinski definition) is 1. The molecule has 1 amide bonds. The molecule has 0 radical (unpaired) electrons. The fourth-order valence-corrected chi connectivity index (χ4v) is 5.83. The number of benzene rings is 2. The predicted molar refractivity (Wildman–Crippen MR) is 139 cm³/mol. The highest BCUT2D eigenvalue weighted by molar-refractivity contribution is 6.27. The van der Waals surface area contributed by atoms with Crippen LogP contribution in [0.15, 0.2) is 48.9 Å². The number of anilines is 2. The molecule has 3 heterocycles. The normalized spacial score (nSPS) is 17.9. The van der Waals surface area contributed by atoms with Crippen LogP contribution in [0.1, 0.15) is 46.3 Å². The molecule has 0 saturated heterocycles. The van der Waals surface area contributed by atoms with Crippen LogP contribution < -0.4 is 10.2 Å². The summed E-state index contributed by atoms with van der Waals surface area (Å²) in [5, 5.41) is 11.4. The topological polar surface area (TPSA) is 85.2 Å². The molecule has 1 N–H and O–H groups in total. The molecular formula is C28H26F4N6O2. The number of alkyl halides is 3. The van der Waals surface area contributed by atoms with Gasteiger partial charge in [-0.25, -0.2) is 22.5 Å². The summed E-state index contributed by atoms with van der Waals surface area (Å²) >= 11 is 0. The van der Waals surface area contributed by atoms with Gasteiger partial charge in [0.1, 0.15) is 18.0 Å². The quantitative estimate of drug-likeness (QED) is 0.234. The largest absolute Gasteiger partial charge is 0.383 e. The Labute approximate surface area is 227 Å². The van der Waals surface area contributed by atoms with E-state index in [4.69, 9.17) is 4.74 Å². The fourth-order valence-electron chi connectivity index (χ4n) is 5.83. The second-order valence-electron chi connectivity index (χ2n) is 10.4. The van der Waals surface area contributed by atoms with Gasteiger partial charge in [0.05, 0.1) is 17.9 Å². The Hall–Kier alpha value is -3.90. The number of pyridine rings is 1. The maximum Gasteiger partial charge on any atom is 0.264 e. The van der Waals surface area contributed by atoms with Crippen LogP contribution in [0.5, 0.6) is 0 Å². The van der Waals surface area contributed by atoms with E-state index >= 15 is 4.39 Å². The number of aromatic nitrogens is 4. The van der Waals surface area contributed by atoms with Gasteiger partial charge in [0, 0.05) is 62.5 Å². The number of carbonyl (C=O) groups is 1. The molecule has 0 spiro atoms. The zero-order valence-corrected chi connectivity index (χ0v) is 21.8. The van der Waals surface area contributed by atoms with E-state index in [0.717, 1.165) is 0 Å². The van der Waals surface area contributed by atoms with E-state index in [1.54, 1.807) is 26.3 Å². The van der Waals surface area contributed by atoms with Gasteiger partial charge in [-0.1, -0.05) is 0 Å². The number of aryl methyl sites for hydroxylation is 1. The summed E-state index contributed by atoms with van der Waals surface area (Å²) < 4.78 is 65.9. The summed E-state index contributed by atoms with van der Waals surface area (Å²) in [5.41, 5.74) is 0.111. The summed E-state index contributed by atoms with van der Waals surface area (Å²) in [6.07, 6.45) is -0.648. The molecule has 208 valence electrons. The number of amides is 1. The first-order valence-electron chi connectivity index (χ1n) is 12.8. The van der Waals surface area contributed by atoms with Crippen molar-refractivity contribution in [1.29, 1.82) is 0 Å². The molecule has 1 fully saturated rings. The Balaban J connectivity index is 1.40. The number of hydrogen-bond acceptors (Lipinski definition) is 6. The highest BCUT2D eigenvalue weighted by Gasteiger charge is 2.63. The first-order chi connectivity index (χ1) is 19.1. The van der Waals surface area contributed by atoms with Crippen LogP contribution in [0, 0.1) is 5.82 Å². The second kappa shape index (κ2) is 9.63. The van der Waals surface area contributed by atoms with Gasteiger partial charge >= 0.3 is 0 Å². The van der Waals surface area contributed by atoms with E-state index in [0.29, 0.717) is 41.9 Å². The molecule has 1 saturated carbocycles. The lowest BCUT2D eigenvalue weighted by Gasteiger charge is -2.49. The first-order valence-corrected chi connectivity index (χ1v) is 12.8. The average Bonchev–Trinajstić information content (AvgIpc) is 3.47. The maximum absolute atomic E-state index is 16.0. The van der Waals surface area contributed by atoms with Crippen LogP contribution in [-0.2, 0) is 23.7 Å². The fraction of sp³-hybridized carbons (Fsp3) is 0.357. The van der Waals surface area contributed by atoms with Crippen molar-refractivity contribution in [2.45, 2.75) is 36.9 Å². The van der Waals surface area contributed by atoms with Crippen LogP contribution >= 0.6 is 0 Å². The van der Waals surface area contributed by atoms with E-state index in [1.807, 2.05) is 0 Å². The molecule has 2 aromatic carbocycles. The second-order valence-corrected chi connectivity index (χ2v) is 10.4. The van der Waals surface area contributed by atoms with Crippen molar-refractivity contribution in [3.8, 4) is 0 Å². The van der Waals surface area contributed by atoms with Crippen LogP contribution in [-0.4, -0.2) is 51.8 Å². The number of ether oxygens (including phenoxy) is 1. The molecular weight excluding hydrogens is 528 g/mol. The third-order valence-electron chi connectivity index (χ3n) is 7.74. The molecule has 1 unspecified atom stereocenters. The van der Waals surface area contributed by atoms with Crippen LogP contribution in [0.25, 0.3) is 10.8 Å². The molecule has 2 aromatic heterocycles. The SMILES string of the molecule is COCCNCc1cc2c3c(ccc(F)c3c1)N(c1cc(C3(C(F)c4nncn4C)CC(F)(F)C3)ccn1)C2=O. The zero-order chi connectivity index (χ0) is 28.2. The molecule has 2 aliphatic rings. The van der Waals surface area contributed by atoms with E-state index in [9.17, 15) is 18.0 Å². The highest BCUT2D eigenvalue weighted by atomic mass is 19.3. The number of nitrogens with one attached hydrogen (secondary N) is 1.